The Balaban J connectivity index is 2.50. The lowest BCUT2D eigenvalue weighted by Crippen LogP contribution is -2.36. The molecule has 0 aromatic rings. The molecule has 0 amide bonds. The van der Waals surface area contributed by atoms with Crippen LogP contribution in [0.1, 0.15) is 6.42 Å². The lowest BCUT2D eigenvalue weighted by atomic mass is 10.2. The number of nitrogens with one attached hydrogen (secondary N) is 1. The molecule has 1 aliphatic rings. The smallest absolute Gasteiger partial charge is 0.321 e. The number of carboxylic acids is 1. The third-order valence-corrected chi connectivity index (χ3v) is 2.85. The molecule has 0 radical (unpaired) electrons. The van der Waals surface area contributed by atoms with Crippen LogP contribution < -0.4 is 5.32 Å². The van der Waals surface area contributed by atoms with Gasteiger partial charge in [-0.25, -0.2) is 0 Å². The van der Waals surface area contributed by atoms with E-state index in [0.717, 1.165) is 13.0 Å². The number of rotatable bonds is 2. The van der Waals surface area contributed by atoms with E-state index in [9.17, 15) is 4.79 Å². The topological polar surface area (TPSA) is 49.3 Å². The van der Waals surface area contributed by atoms with Crippen LogP contribution in [0.25, 0.3) is 0 Å². The summed E-state index contributed by atoms with van der Waals surface area (Å²) in [5.41, 5.74) is 0. The molecule has 2 atom stereocenters. The van der Waals surface area contributed by atoms with Crippen molar-refractivity contribution in [2.45, 2.75) is 17.7 Å². The van der Waals surface area contributed by atoms with Gasteiger partial charge in [-0.2, -0.15) is 11.8 Å². The Morgan fingerprint density at radius 1 is 1.80 bits per heavy atom. The molecular weight excluding hydrogens is 150 g/mol. The Kier molecular flexibility index (Phi) is 2.56. The summed E-state index contributed by atoms with van der Waals surface area (Å²) < 4.78 is 0. The van der Waals surface area contributed by atoms with Crippen LogP contribution in [0.3, 0.4) is 0 Å². The van der Waals surface area contributed by atoms with E-state index in [-0.39, 0.29) is 11.3 Å². The Morgan fingerprint density at radius 3 is 2.90 bits per heavy atom. The van der Waals surface area contributed by atoms with Gasteiger partial charge in [-0.3, -0.25) is 4.79 Å². The predicted molar refractivity (Wildman–Crippen MR) is 41.3 cm³/mol. The molecule has 1 rings (SSSR count). The van der Waals surface area contributed by atoms with Crippen molar-refractivity contribution in [1.82, 2.24) is 5.32 Å². The van der Waals surface area contributed by atoms with Crippen LogP contribution >= 0.6 is 11.8 Å². The van der Waals surface area contributed by atoms with E-state index in [4.69, 9.17) is 5.11 Å². The molecule has 1 saturated heterocycles. The quantitative estimate of drug-likeness (QED) is 0.606. The van der Waals surface area contributed by atoms with Crippen LogP contribution in [0.5, 0.6) is 0 Å². The molecule has 1 aliphatic heterocycles. The summed E-state index contributed by atoms with van der Waals surface area (Å²) in [6.45, 7) is 0.836. The molecule has 58 valence electrons. The minimum Gasteiger partial charge on any atom is -0.480 e. The predicted octanol–water partition coefficient (Wildman–Crippen LogP) is 0.165. The molecule has 4 heteroatoms. The van der Waals surface area contributed by atoms with Gasteiger partial charge in [0.05, 0.1) is 0 Å². The van der Waals surface area contributed by atoms with E-state index in [1.165, 1.54) is 0 Å². The molecule has 2 unspecified atom stereocenters. The highest BCUT2D eigenvalue weighted by Gasteiger charge is 2.31. The van der Waals surface area contributed by atoms with Crippen molar-refractivity contribution >= 4 is 17.7 Å². The fourth-order valence-electron chi connectivity index (χ4n) is 1.18. The van der Waals surface area contributed by atoms with E-state index < -0.39 is 5.97 Å². The molecule has 2 N–H and O–H groups in total. The standard InChI is InChI=1S/C6H11NO2S/c1-10-4-2-3-7-5(4)6(8)9/h4-5,7H,2-3H2,1H3,(H,8,9). The normalized spacial score (nSPS) is 32.5. The lowest BCUT2D eigenvalue weighted by Gasteiger charge is -2.11. The van der Waals surface area contributed by atoms with Crippen molar-refractivity contribution in [1.29, 1.82) is 0 Å². The molecular formula is C6H11NO2S. The molecule has 0 spiro atoms. The summed E-state index contributed by atoms with van der Waals surface area (Å²) >= 11 is 1.63. The van der Waals surface area contributed by atoms with Crippen LogP contribution in [0.4, 0.5) is 0 Å². The van der Waals surface area contributed by atoms with E-state index in [1.807, 2.05) is 6.26 Å². The summed E-state index contributed by atoms with van der Waals surface area (Å²) in [6, 6.07) is -0.324. The molecule has 0 aromatic heterocycles. The van der Waals surface area contributed by atoms with Crippen molar-refractivity contribution in [3.8, 4) is 0 Å². The van der Waals surface area contributed by atoms with Crippen LogP contribution in [0, 0.1) is 0 Å². The first kappa shape index (κ1) is 7.88. The first-order valence-corrected chi connectivity index (χ1v) is 4.53. The maximum absolute atomic E-state index is 10.5. The van der Waals surface area contributed by atoms with Gasteiger partial charge < -0.3 is 10.4 Å². The van der Waals surface area contributed by atoms with Crippen LogP contribution in [0.15, 0.2) is 0 Å². The van der Waals surface area contributed by atoms with Crippen molar-refractivity contribution in [2.24, 2.45) is 0 Å². The van der Waals surface area contributed by atoms with Gasteiger partial charge in [0, 0.05) is 5.25 Å². The second-order valence-electron chi connectivity index (χ2n) is 2.33. The first-order valence-electron chi connectivity index (χ1n) is 3.24. The number of carboxylic acid groups (broad SMARTS) is 1. The van der Waals surface area contributed by atoms with Gasteiger partial charge >= 0.3 is 5.97 Å². The monoisotopic (exact) mass is 161 g/mol. The highest BCUT2D eigenvalue weighted by atomic mass is 32.2. The summed E-state index contributed by atoms with van der Waals surface area (Å²) in [6.07, 6.45) is 2.92. The number of hydrogen-bond donors (Lipinski definition) is 2. The maximum Gasteiger partial charge on any atom is 0.321 e. The van der Waals surface area contributed by atoms with Crippen molar-refractivity contribution in [3.05, 3.63) is 0 Å². The van der Waals surface area contributed by atoms with E-state index >= 15 is 0 Å². The van der Waals surface area contributed by atoms with Crippen LogP contribution in [-0.4, -0.2) is 35.2 Å². The molecule has 3 nitrogen and oxygen atoms in total. The molecule has 10 heavy (non-hydrogen) atoms. The SMILES string of the molecule is CSC1CCNC1C(=O)O. The van der Waals surface area contributed by atoms with Crippen LogP contribution in [-0.2, 0) is 4.79 Å². The third kappa shape index (κ3) is 1.44. The van der Waals surface area contributed by atoms with Gasteiger partial charge in [0.1, 0.15) is 6.04 Å². The number of thioether (sulfide) groups is 1. The molecule has 0 saturated carbocycles. The van der Waals surface area contributed by atoms with Gasteiger partial charge in [0.2, 0.25) is 0 Å². The average molecular weight is 161 g/mol. The number of hydrogen-bond acceptors (Lipinski definition) is 3. The Hall–Kier alpha value is -0.220. The summed E-state index contributed by atoms with van der Waals surface area (Å²) in [7, 11) is 0. The highest BCUT2D eigenvalue weighted by molar-refractivity contribution is 7.99. The molecule has 1 heterocycles. The van der Waals surface area contributed by atoms with Gasteiger partial charge in [-0.1, -0.05) is 0 Å². The largest absolute Gasteiger partial charge is 0.480 e. The summed E-state index contributed by atoms with van der Waals surface area (Å²) in [5, 5.41) is 11.8. The maximum atomic E-state index is 10.5. The third-order valence-electron chi connectivity index (χ3n) is 1.73. The minimum atomic E-state index is -0.725. The van der Waals surface area contributed by atoms with Crippen molar-refractivity contribution in [2.75, 3.05) is 12.8 Å². The van der Waals surface area contributed by atoms with E-state index in [1.54, 1.807) is 11.8 Å². The van der Waals surface area contributed by atoms with E-state index in [2.05, 4.69) is 5.32 Å². The zero-order valence-corrected chi connectivity index (χ0v) is 6.65. The average Bonchev–Trinajstić information content (AvgIpc) is 2.33. The second-order valence-corrected chi connectivity index (χ2v) is 3.41. The zero-order valence-electron chi connectivity index (χ0n) is 5.83. The Labute approximate surface area is 64.2 Å². The number of carbonyl (C=O) groups is 1. The van der Waals surface area contributed by atoms with Gasteiger partial charge in [-0.05, 0) is 19.2 Å². The fraction of sp³-hybridized carbons (Fsp3) is 0.833. The molecule has 0 aliphatic carbocycles. The summed E-state index contributed by atoms with van der Waals surface area (Å²) in [4.78, 5) is 10.5. The number of aliphatic carboxylic acids is 1. The lowest BCUT2D eigenvalue weighted by molar-refractivity contribution is -0.138. The van der Waals surface area contributed by atoms with Gasteiger partial charge in [-0.15, -0.1) is 0 Å². The minimum absolute atomic E-state index is 0.262. The van der Waals surface area contributed by atoms with Crippen molar-refractivity contribution < 1.29 is 9.90 Å². The summed E-state index contributed by atoms with van der Waals surface area (Å²) in [5.74, 6) is -0.725. The van der Waals surface area contributed by atoms with E-state index in [0.29, 0.717) is 0 Å². The highest BCUT2D eigenvalue weighted by Crippen LogP contribution is 2.19. The Morgan fingerprint density at radius 2 is 2.50 bits per heavy atom. The first-order chi connectivity index (χ1) is 4.75. The molecule has 0 aromatic carbocycles. The Bertz CT molecular complexity index is 140. The van der Waals surface area contributed by atoms with Crippen LogP contribution in [0.2, 0.25) is 0 Å². The van der Waals surface area contributed by atoms with Gasteiger partial charge in [0.25, 0.3) is 0 Å². The van der Waals surface area contributed by atoms with Crippen molar-refractivity contribution in [3.63, 3.8) is 0 Å². The molecule has 1 fully saturated rings. The zero-order chi connectivity index (χ0) is 7.56. The van der Waals surface area contributed by atoms with Gasteiger partial charge in [0.15, 0.2) is 0 Å². The molecule has 0 bridgehead atoms. The fourth-order valence-corrected chi connectivity index (χ4v) is 2.02. The second kappa shape index (κ2) is 3.25.